The molecule has 0 aliphatic rings. The first-order valence-electron chi connectivity index (χ1n) is 7.49. The number of hydrogen-bond donors (Lipinski definition) is 1. The van der Waals surface area contributed by atoms with Crippen LogP contribution in [0.5, 0.6) is 5.75 Å². The van der Waals surface area contributed by atoms with Crippen molar-refractivity contribution in [2.45, 2.75) is 0 Å². The second-order valence-electron chi connectivity index (χ2n) is 4.45. The Morgan fingerprint density at radius 2 is 1.23 bits per heavy atom. The van der Waals surface area contributed by atoms with Gasteiger partial charge in [0.15, 0.2) is 0 Å². The van der Waals surface area contributed by atoms with Crippen molar-refractivity contribution < 1.29 is 23.7 Å². The van der Waals surface area contributed by atoms with Crippen LogP contribution in [0.3, 0.4) is 0 Å². The lowest BCUT2D eigenvalue weighted by molar-refractivity contribution is 0.000164. The van der Waals surface area contributed by atoms with Crippen molar-refractivity contribution in [2.75, 3.05) is 72.3 Å². The Bertz CT molecular complexity index is 358. The Morgan fingerprint density at radius 1 is 0.727 bits per heavy atom. The Labute approximate surface area is 132 Å². The summed E-state index contributed by atoms with van der Waals surface area (Å²) in [5, 5.41) is 3.06. The second kappa shape index (κ2) is 13.3. The third-order valence-corrected chi connectivity index (χ3v) is 2.82. The first-order valence-corrected chi connectivity index (χ1v) is 7.49. The van der Waals surface area contributed by atoms with Gasteiger partial charge in [-0.2, -0.15) is 0 Å². The van der Waals surface area contributed by atoms with Crippen molar-refractivity contribution in [1.29, 1.82) is 0 Å². The lowest BCUT2D eigenvalue weighted by atomic mass is 10.3. The molecule has 126 valence electrons. The lowest BCUT2D eigenvalue weighted by Crippen LogP contribution is -2.13. The fraction of sp³-hybridized carbons (Fsp3) is 0.625. The van der Waals surface area contributed by atoms with E-state index in [2.05, 4.69) is 5.32 Å². The molecule has 0 fully saturated rings. The van der Waals surface area contributed by atoms with Crippen molar-refractivity contribution in [2.24, 2.45) is 0 Å². The van der Waals surface area contributed by atoms with Crippen LogP contribution in [-0.2, 0) is 18.9 Å². The van der Waals surface area contributed by atoms with Gasteiger partial charge in [0.05, 0.1) is 46.2 Å². The highest BCUT2D eigenvalue weighted by molar-refractivity contribution is 5.45. The molecule has 6 heteroatoms. The second-order valence-corrected chi connectivity index (χ2v) is 4.45. The van der Waals surface area contributed by atoms with E-state index < -0.39 is 0 Å². The Hall–Kier alpha value is -1.34. The third kappa shape index (κ3) is 9.57. The van der Waals surface area contributed by atoms with Gasteiger partial charge in [0.1, 0.15) is 12.4 Å². The van der Waals surface area contributed by atoms with Gasteiger partial charge in [0.25, 0.3) is 0 Å². The van der Waals surface area contributed by atoms with E-state index in [1.807, 2.05) is 31.3 Å². The fourth-order valence-electron chi connectivity index (χ4n) is 1.62. The molecule has 1 aromatic carbocycles. The van der Waals surface area contributed by atoms with Crippen LogP contribution >= 0.6 is 0 Å². The van der Waals surface area contributed by atoms with Crippen LogP contribution in [0.15, 0.2) is 24.3 Å². The average molecular weight is 313 g/mol. The number of anilines is 1. The van der Waals surface area contributed by atoms with Crippen molar-refractivity contribution in [1.82, 2.24) is 0 Å². The van der Waals surface area contributed by atoms with Crippen LogP contribution in [0.1, 0.15) is 0 Å². The number of nitrogens with one attached hydrogen (secondary N) is 1. The Balaban J connectivity index is 1.85. The van der Waals surface area contributed by atoms with E-state index in [9.17, 15) is 0 Å². The summed E-state index contributed by atoms with van der Waals surface area (Å²) in [6, 6.07) is 7.80. The minimum atomic E-state index is 0.527. The zero-order valence-corrected chi connectivity index (χ0v) is 13.5. The summed E-state index contributed by atoms with van der Waals surface area (Å²) in [4.78, 5) is 0. The van der Waals surface area contributed by atoms with E-state index in [0.717, 1.165) is 11.4 Å². The van der Waals surface area contributed by atoms with E-state index in [1.54, 1.807) is 7.11 Å². The van der Waals surface area contributed by atoms with Crippen LogP contribution in [0.2, 0.25) is 0 Å². The number of benzene rings is 1. The van der Waals surface area contributed by atoms with Gasteiger partial charge in [-0.15, -0.1) is 0 Å². The standard InChI is InChI=1S/C16H27NO5/c1-17-15-3-5-16(6-4-15)22-14-13-21-12-11-20-10-9-19-8-7-18-2/h3-6,17H,7-14H2,1-2H3. The van der Waals surface area contributed by atoms with E-state index in [-0.39, 0.29) is 0 Å². The SMILES string of the molecule is CNc1ccc(OCCOCCOCCOCCOC)cc1. The van der Waals surface area contributed by atoms with Crippen LogP contribution in [0, 0.1) is 0 Å². The van der Waals surface area contributed by atoms with Crippen molar-refractivity contribution >= 4 is 5.69 Å². The van der Waals surface area contributed by atoms with Gasteiger partial charge in [-0.25, -0.2) is 0 Å². The van der Waals surface area contributed by atoms with E-state index >= 15 is 0 Å². The quantitative estimate of drug-likeness (QED) is 0.529. The molecular formula is C16H27NO5. The first kappa shape index (κ1) is 18.7. The van der Waals surface area contributed by atoms with Gasteiger partial charge in [-0.1, -0.05) is 0 Å². The smallest absolute Gasteiger partial charge is 0.119 e. The molecule has 0 saturated carbocycles. The van der Waals surface area contributed by atoms with Crippen molar-refractivity contribution in [3.8, 4) is 5.75 Å². The number of hydrogen-bond acceptors (Lipinski definition) is 6. The summed E-state index contributed by atoms with van der Waals surface area (Å²) >= 11 is 0. The molecule has 0 saturated heterocycles. The van der Waals surface area contributed by atoms with Gasteiger partial charge >= 0.3 is 0 Å². The largest absolute Gasteiger partial charge is 0.491 e. The van der Waals surface area contributed by atoms with E-state index in [0.29, 0.717) is 52.9 Å². The van der Waals surface area contributed by atoms with E-state index in [1.165, 1.54) is 0 Å². The number of ether oxygens (including phenoxy) is 5. The summed E-state index contributed by atoms with van der Waals surface area (Å²) in [6.45, 7) is 4.55. The monoisotopic (exact) mass is 313 g/mol. The molecule has 0 aromatic heterocycles. The molecule has 0 aliphatic heterocycles. The maximum atomic E-state index is 5.56. The van der Waals surface area contributed by atoms with Crippen LogP contribution in [0.4, 0.5) is 5.69 Å². The first-order chi connectivity index (χ1) is 10.9. The fourth-order valence-corrected chi connectivity index (χ4v) is 1.62. The van der Waals surface area contributed by atoms with Gasteiger partial charge in [0.2, 0.25) is 0 Å². The Kier molecular flexibility index (Phi) is 11.3. The average Bonchev–Trinajstić information content (AvgIpc) is 2.56. The van der Waals surface area contributed by atoms with Gasteiger partial charge < -0.3 is 29.0 Å². The maximum absolute atomic E-state index is 5.56. The zero-order valence-electron chi connectivity index (χ0n) is 13.5. The molecular weight excluding hydrogens is 286 g/mol. The number of methoxy groups -OCH3 is 1. The molecule has 1 N–H and O–H groups in total. The Morgan fingerprint density at radius 3 is 1.73 bits per heavy atom. The topological polar surface area (TPSA) is 58.2 Å². The predicted octanol–water partition coefficient (Wildman–Crippen LogP) is 1.80. The summed E-state index contributed by atoms with van der Waals surface area (Å²) in [7, 11) is 3.54. The molecule has 0 spiro atoms. The molecule has 0 aliphatic carbocycles. The minimum Gasteiger partial charge on any atom is -0.491 e. The molecule has 0 amide bonds. The highest BCUT2D eigenvalue weighted by atomic mass is 16.6. The predicted molar refractivity (Wildman–Crippen MR) is 85.8 cm³/mol. The summed E-state index contributed by atoms with van der Waals surface area (Å²) in [5.74, 6) is 0.840. The summed E-state index contributed by atoms with van der Waals surface area (Å²) in [5.41, 5.74) is 1.06. The van der Waals surface area contributed by atoms with Crippen LogP contribution < -0.4 is 10.1 Å². The molecule has 0 bridgehead atoms. The van der Waals surface area contributed by atoms with Gasteiger partial charge in [-0.3, -0.25) is 0 Å². The number of rotatable bonds is 14. The molecule has 0 heterocycles. The van der Waals surface area contributed by atoms with Crippen LogP contribution in [0.25, 0.3) is 0 Å². The van der Waals surface area contributed by atoms with Gasteiger partial charge in [0, 0.05) is 19.8 Å². The molecule has 1 aromatic rings. The highest BCUT2D eigenvalue weighted by Crippen LogP contribution is 2.14. The summed E-state index contributed by atoms with van der Waals surface area (Å²) in [6.07, 6.45) is 0. The highest BCUT2D eigenvalue weighted by Gasteiger charge is 1.95. The van der Waals surface area contributed by atoms with E-state index in [4.69, 9.17) is 23.7 Å². The molecule has 6 nitrogen and oxygen atoms in total. The van der Waals surface area contributed by atoms with Gasteiger partial charge in [-0.05, 0) is 24.3 Å². The molecule has 0 unspecified atom stereocenters. The minimum absolute atomic E-state index is 0.527. The lowest BCUT2D eigenvalue weighted by Gasteiger charge is -2.08. The van der Waals surface area contributed by atoms with Crippen molar-refractivity contribution in [3.05, 3.63) is 24.3 Å². The molecule has 1 rings (SSSR count). The van der Waals surface area contributed by atoms with Crippen molar-refractivity contribution in [3.63, 3.8) is 0 Å². The summed E-state index contributed by atoms with van der Waals surface area (Å²) < 4.78 is 26.5. The molecule has 0 radical (unpaired) electrons. The molecule has 22 heavy (non-hydrogen) atoms. The maximum Gasteiger partial charge on any atom is 0.119 e. The third-order valence-electron chi connectivity index (χ3n) is 2.82. The normalized spacial score (nSPS) is 10.6. The molecule has 0 atom stereocenters. The zero-order chi connectivity index (χ0) is 15.9. The van der Waals surface area contributed by atoms with Crippen LogP contribution in [-0.4, -0.2) is 67.0 Å².